The number of phenolic OH excluding ortho intramolecular Hbond substituents is 2. The van der Waals surface area contributed by atoms with E-state index in [1.807, 2.05) is 0 Å². The summed E-state index contributed by atoms with van der Waals surface area (Å²) in [6.07, 6.45) is 3.75. The summed E-state index contributed by atoms with van der Waals surface area (Å²) in [5.41, 5.74) is 5.86. The minimum atomic E-state index is -1.10. The van der Waals surface area contributed by atoms with Gasteiger partial charge in [0.15, 0.2) is 11.5 Å². The number of aliphatic carboxylic acids is 1. The average molecular weight is 374 g/mol. The molecule has 0 heterocycles. The molecule has 5 N–H and O–H groups in total. The van der Waals surface area contributed by atoms with Gasteiger partial charge in [-0.25, -0.2) is 4.99 Å². The van der Waals surface area contributed by atoms with E-state index in [0.717, 1.165) is 25.1 Å². The molecule has 1 aromatic carbocycles. The molecule has 134 valence electrons. The molecule has 0 aliphatic heterocycles. The number of hydrogen-bond acceptors (Lipinski definition) is 7. The Bertz CT molecular complexity index is 600. The van der Waals surface area contributed by atoms with Crippen molar-refractivity contribution in [2.45, 2.75) is 25.3 Å². The second-order valence-corrected chi connectivity index (χ2v) is 6.67. The summed E-state index contributed by atoms with van der Waals surface area (Å²) in [6, 6.07) is 3.09. The predicted octanol–water partition coefficient (Wildman–Crippen LogP) is 1.30. The number of carboxylic acids is 1. The topological polar surface area (TPSA) is 133 Å². The molecule has 2 atom stereocenters. The van der Waals surface area contributed by atoms with Gasteiger partial charge in [-0.3, -0.25) is 9.00 Å². The van der Waals surface area contributed by atoms with Gasteiger partial charge in [0.25, 0.3) is 0 Å². The van der Waals surface area contributed by atoms with Crippen LogP contribution >= 0.6 is 12.2 Å². The Morgan fingerprint density at radius 1 is 1.38 bits per heavy atom. The maximum absolute atomic E-state index is 10.5. The lowest BCUT2D eigenvalue weighted by Gasteiger charge is -2.06. The van der Waals surface area contributed by atoms with Crippen molar-refractivity contribution in [3.8, 4) is 11.5 Å². The van der Waals surface area contributed by atoms with Crippen LogP contribution in [0.5, 0.6) is 11.5 Å². The van der Waals surface area contributed by atoms with Crippen molar-refractivity contribution in [1.29, 1.82) is 0 Å². The predicted molar refractivity (Wildman–Crippen MR) is 97.1 cm³/mol. The summed E-state index contributed by atoms with van der Waals surface area (Å²) >= 11 is 4.38. The summed E-state index contributed by atoms with van der Waals surface area (Å²) in [4.78, 5) is 14.2. The maximum Gasteiger partial charge on any atom is 0.320 e. The molecule has 0 bridgehead atoms. The number of aromatic hydroxyl groups is 2. The first kappa shape index (κ1) is 22.2. The molecule has 7 nitrogen and oxygen atoms in total. The van der Waals surface area contributed by atoms with E-state index >= 15 is 0 Å². The van der Waals surface area contributed by atoms with Gasteiger partial charge in [-0.2, -0.15) is 0 Å². The number of nitrogens with zero attached hydrogens (tertiary/aromatic N) is 1. The van der Waals surface area contributed by atoms with Crippen molar-refractivity contribution in [2.75, 3.05) is 18.6 Å². The number of carboxylic acid groups (broad SMARTS) is 1. The second-order valence-electron chi connectivity index (χ2n) is 4.93. The Kier molecular flexibility index (Phi) is 11.7. The largest absolute Gasteiger partial charge is 0.504 e. The fourth-order valence-electron chi connectivity index (χ4n) is 1.58. The van der Waals surface area contributed by atoms with Crippen LogP contribution in [0.4, 0.5) is 0 Å². The fourth-order valence-corrected chi connectivity index (χ4v) is 2.28. The Morgan fingerprint density at radius 2 is 2.04 bits per heavy atom. The van der Waals surface area contributed by atoms with E-state index in [2.05, 4.69) is 22.4 Å². The van der Waals surface area contributed by atoms with E-state index in [9.17, 15) is 9.00 Å². The van der Waals surface area contributed by atoms with E-state index in [-0.39, 0.29) is 17.9 Å². The number of isothiocyanates is 1. The molecule has 0 aliphatic carbocycles. The highest BCUT2D eigenvalue weighted by molar-refractivity contribution is 7.84. The lowest BCUT2D eigenvalue weighted by atomic mass is 10.1. The third-order valence-corrected chi connectivity index (χ3v) is 3.82. The monoisotopic (exact) mass is 374 g/mol. The molecule has 24 heavy (non-hydrogen) atoms. The zero-order valence-electron chi connectivity index (χ0n) is 13.3. The molecule has 0 aliphatic rings. The Labute approximate surface area is 148 Å². The molecule has 0 saturated carbocycles. The molecule has 1 aromatic rings. The van der Waals surface area contributed by atoms with Gasteiger partial charge in [-0.05, 0) is 49.2 Å². The van der Waals surface area contributed by atoms with Crippen LogP contribution in [-0.2, 0) is 22.0 Å². The minimum absolute atomic E-state index is 0.114. The Balaban J connectivity index is 0.000000470. The Hall–Kier alpha value is -1.80. The van der Waals surface area contributed by atoms with Crippen LogP contribution in [0.3, 0.4) is 0 Å². The molecular formula is C15H22N2O5S2. The SMILES string of the molecule is CS(=O)CCCCN=C=S.N[C@@H](Cc1ccc(O)c(O)c1)C(=O)O. The van der Waals surface area contributed by atoms with Crippen molar-refractivity contribution in [1.82, 2.24) is 0 Å². The quantitative estimate of drug-likeness (QED) is 0.233. The third kappa shape index (κ3) is 10.8. The molecule has 9 heteroatoms. The van der Waals surface area contributed by atoms with Crippen LogP contribution in [0.1, 0.15) is 18.4 Å². The molecule has 1 rings (SSSR count). The lowest BCUT2D eigenvalue weighted by molar-refractivity contribution is -0.138. The van der Waals surface area contributed by atoms with Gasteiger partial charge in [0, 0.05) is 29.4 Å². The zero-order valence-corrected chi connectivity index (χ0v) is 15.0. The summed E-state index contributed by atoms with van der Waals surface area (Å²) in [5.74, 6) is -0.845. The Morgan fingerprint density at radius 3 is 2.54 bits per heavy atom. The first-order chi connectivity index (χ1) is 11.3. The minimum Gasteiger partial charge on any atom is -0.504 e. The van der Waals surface area contributed by atoms with Gasteiger partial charge in [-0.1, -0.05) is 6.07 Å². The summed E-state index contributed by atoms with van der Waals surface area (Å²) < 4.78 is 10.5. The normalized spacial score (nSPS) is 12.2. The molecule has 0 amide bonds. The van der Waals surface area contributed by atoms with Gasteiger partial charge in [-0.15, -0.1) is 0 Å². The molecule has 0 spiro atoms. The van der Waals surface area contributed by atoms with E-state index < -0.39 is 22.8 Å². The highest BCUT2D eigenvalue weighted by atomic mass is 32.2. The number of phenols is 2. The van der Waals surface area contributed by atoms with Gasteiger partial charge in [0.2, 0.25) is 0 Å². The molecular weight excluding hydrogens is 352 g/mol. The molecule has 0 fully saturated rings. The third-order valence-electron chi connectivity index (χ3n) is 2.83. The van der Waals surface area contributed by atoms with Crippen molar-refractivity contribution >= 4 is 34.1 Å². The van der Waals surface area contributed by atoms with Gasteiger partial charge in [0.05, 0.1) is 5.16 Å². The summed E-state index contributed by atoms with van der Waals surface area (Å²) in [5, 5.41) is 28.9. The van der Waals surface area contributed by atoms with Crippen LogP contribution in [-0.4, -0.2) is 55.3 Å². The molecule has 0 radical (unpaired) electrons. The average Bonchev–Trinajstić information content (AvgIpc) is 2.51. The molecule has 0 saturated heterocycles. The van der Waals surface area contributed by atoms with Crippen LogP contribution in [0.2, 0.25) is 0 Å². The van der Waals surface area contributed by atoms with Crippen molar-refractivity contribution in [2.24, 2.45) is 10.7 Å². The van der Waals surface area contributed by atoms with Crippen molar-refractivity contribution in [3.05, 3.63) is 23.8 Å². The lowest BCUT2D eigenvalue weighted by Crippen LogP contribution is -2.32. The number of nitrogens with two attached hydrogens (primary N) is 1. The number of unbranched alkanes of at least 4 members (excludes halogenated alkanes) is 1. The number of thiocarbonyl (C=S) groups is 1. The highest BCUT2D eigenvalue weighted by Crippen LogP contribution is 2.25. The van der Waals surface area contributed by atoms with Gasteiger partial charge >= 0.3 is 5.97 Å². The fraction of sp³-hybridized carbons (Fsp3) is 0.467. The van der Waals surface area contributed by atoms with Crippen LogP contribution in [0, 0.1) is 0 Å². The molecule has 1 unspecified atom stereocenters. The van der Waals surface area contributed by atoms with Crippen LogP contribution < -0.4 is 5.73 Å². The zero-order chi connectivity index (χ0) is 18.5. The summed E-state index contributed by atoms with van der Waals surface area (Å²) in [7, 11) is -0.659. The van der Waals surface area contributed by atoms with E-state index in [0.29, 0.717) is 5.56 Å². The number of aliphatic imine (C=N–C) groups is 1. The van der Waals surface area contributed by atoms with Gasteiger partial charge < -0.3 is 21.1 Å². The van der Waals surface area contributed by atoms with E-state index in [1.54, 1.807) is 6.26 Å². The number of carbonyl (C=O) groups is 1. The smallest absolute Gasteiger partial charge is 0.320 e. The first-order valence-electron chi connectivity index (χ1n) is 7.10. The number of hydrogen-bond donors (Lipinski definition) is 4. The van der Waals surface area contributed by atoms with E-state index in [1.165, 1.54) is 18.2 Å². The van der Waals surface area contributed by atoms with Crippen molar-refractivity contribution < 1.29 is 24.3 Å². The summed E-state index contributed by atoms with van der Waals surface area (Å²) in [6.45, 7) is 0.723. The first-order valence-corrected chi connectivity index (χ1v) is 9.24. The van der Waals surface area contributed by atoms with Crippen LogP contribution in [0.15, 0.2) is 23.2 Å². The van der Waals surface area contributed by atoms with Crippen molar-refractivity contribution in [3.63, 3.8) is 0 Å². The highest BCUT2D eigenvalue weighted by Gasteiger charge is 2.12. The van der Waals surface area contributed by atoms with E-state index in [4.69, 9.17) is 21.1 Å². The van der Waals surface area contributed by atoms with Gasteiger partial charge in [0.1, 0.15) is 6.04 Å². The standard InChI is InChI=1S/C9H11NO4.C6H11NOS2/c10-6(9(13)14)3-5-1-2-7(11)8(12)4-5;1-10(8)5-3-2-4-7-6-9/h1-2,4,6,11-12H,3,10H2,(H,13,14);2-5H2,1H3/t6-;/m0./s1. The second kappa shape index (κ2) is 12.6. The molecule has 0 aromatic heterocycles. The van der Waals surface area contributed by atoms with Crippen LogP contribution in [0.25, 0.3) is 0 Å². The number of rotatable bonds is 8. The number of benzene rings is 1. The maximum atomic E-state index is 10.5.